The van der Waals surface area contributed by atoms with Gasteiger partial charge in [0.05, 0.1) is 26.0 Å². The summed E-state index contributed by atoms with van der Waals surface area (Å²) >= 11 is 6.14. The van der Waals surface area contributed by atoms with E-state index in [4.69, 9.17) is 15.6 Å². The Morgan fingerprint density at radius 3 is 3.25 bits per heavy atom. The molecule has 0 amide bonds. The smallest absolute Gasteiger partial charge is 0.184 e. The summed E-state index contributed by atoms with van der Waals surface area (Å²) in [7, 11) is 0. The van der Waals surface area contributed by atoms with E-state index in [0.29, 0.717) is 13.2 Å². The van der Waals surface area contributed by atoms with E-state index in [2.05, 4.69) is 22.7 Å². The first kappa shape index (κ1) is 13.0. The Balaban J connectivity index is 2.38. The van der Waals surface area contributed by atoms with Gasteiger partial charge in [-0.25, -0.2) is 0 Å². The molecule has 0 atom stereocenters. The highest BCUT2D eigenvalue weighted by molar-refractivity contribution is 7.80. The van der Waals surface area contributed by atoms with E-state index in [1.54, 1.807) is 17.6 Å². The fraction of sp³-hybridized carbons (Fsp3) is 0.333. The molecule has 0 bridgehead atoms. The lowest BCUT2D eigenvalue weighted by molar-refractivity contribution is 0.0817. The molecule has 4 N–H and O–H groups in total. The summed E-state index contributed by atoms with van der Waals surface area (Å²) in [5.41, 5.74) is 8.74. The van der Waals surface area contributed by atoms with Gasteiger partial charge in [0.15, 0.2) is 5.11 Å². The number of nitrogens with two attached hydrogens (primary N) is 1. The Hall–Kier alpha value is -1.02. The predicted octanol–water partition coefficient (Wildman–Crippen LogP) is 0.424. The maximum Gasteiger partial charge on any atom is 0.184 e. The number of thiophene rings is 1. The third-order valence-corrected chi connectivity index (χ3v) is 2.55. The summed E-state index contributed by atoms with van der Waals surface area (Å²) in [5.74, 6) is 0. The second-order valence-corrected chi connectivity index (χ2v) is 4.25. The topological polar surface area (TPSA) is 79.9 Å². The molecular formula is C9H13N3O2S2. The number of aliphatic hydroxyl groups is 1. The molecule has 0 aliphatic heterocycles. The van der Waals surface area contributed by atoms with Crippen LogP contribution in [0.5, 0.6) is 0 Å². The molecule has 16 heavy (non-hydrogen) atoms. The van der Waals surface area contributed by atoms with Gasteiger partial charge in [0.2, 0.25) is 0 Å². The highest BCUT2D eigenvalue weighted by Crippen LogP contribution is 2.13. The third kappa shape index (κ3) is 5.17. The Bertz CT molecular complexity index is 365. The minimum Gasteiger partial charge on any atom is -0.394 e. The predicted molar refractivity (Wildman–Crippen MR) is 68.6 cm³/mol. The highest BCUT2D eigenvalue weighted by Gasteiger charge is 1.97. The van der Waals surface area contributed by atoms with Crippen molar-refractivity contribution >= 4 is 34.9 Å². The maximum absolute atomic E-state index is 8.54. The fourth-order valence-corrected chi connectivity index (χ4v) is 1.76. The van der Waals surface area contributed by atoms with Crippen molar-refractivity contribution in [2.24, 2.45) is 10.8 Å². The van der Waals surface area contributed by atoms with Crippen molar-refractivity contribution in [3.8, 4) is 0 Å². The van der Waals surface area contributed by atoms with Crippen LogP contribution in [0.1, 0.15) is 10.4 Å². The van der Waals surface area contributed by atoms with E-state index in [-0.39, 0.29) is 11.7 Å². The molecule has 0 fully saturated rings. The Labute approximate surface area is 103 Å². The number of ether oxygens (including phenoxy) is 1. The summed E-state index contributed by atoms with van der Waals surface area (Å²) in [6.07, 6.45) is 1.64. The van der Waals surface area contributed by atoms with Crippen LogP contribution in [0.15, 0.2) is 16.5 Å². The zero-order valence-electron chi connectivity index (χ0n) is 8.55. The van der Waals surface area contributed by atoms with Gasteiger partial charge in [-0.1, -0.05) is 0 Å². The van der Waals surface area contributed by atoms with E-state index >= 15 is 0 Å². The van der Waals surface area contributed by atoms with Crippen LogP contribution in [0.4, 0.5) is 0 Å². The first-order valence-corrected chi connectivity index (χ1v) is 5.85. The van der Waals surface area contributed by atoms with Crippen molar-refractivity contribution in [1.82, 2.24) is 5.43 Å². The molecule has 0 aromatic carbocycles. The van der Waals surface area contributed by atoms with Crippen molar-refractivity contribution < 1.29 is 9.84 Å². The minimum atomic E-state index is 0.0380. The van der Waals surface area contributed by atoms with Crippen molar-refractivity contribution in [2.75, 3.05) is 13.2 Å². The van der Waals surface area contributed by atoms with Crippen LogP contribution in [-0.2, 0) is 11.3 Å². The molecule has 88 valence electrons. The van der Waals surface area contributed by atoms with E-state index in [0.717, 1.165) is 10.4 Å². The number of thiocarbonyl (C=S) groups is 1. The first-order valence-electron chi connectivity index (χ1n) is 4.57. The molecule has 0 aliphatic carbocycles. The van der Waals surface area contributed by atoms with Gasteiger partial charge in [-0.05, 0) is 29.2 Å². The average molecular weight is 259 g/mol. The van der Waals surface area contributed by atoms with Crippen molar-refractivity contribution in [1.29, 1.82) is 0 Å². The van der Waals surface area contributed by atoms with Crippen LogP contribution in [0, 0.1) is 0 Å². The SMILES string of the molecule is NC(=S)N/N=C/c1cc(COCCO)cs1. The molecule has 1 heterocycles. The lowest BCUT2D eigenvalue weighted by Gasteiger charge is -1.97. The quantitative estimate of drug-likeness (QED) is 0.299. The lowest BCUT2D eigenvalue weighted by Crippen LogP contribution is -2.23. The molecule has 1 aromatic heterocycles. The van der Waals surface area contributed by atoms with Gasteiger partial charge >= 0.3 is 0 Å². The largest absolute Gasteiger partial charge is 0.394 e. The minimum absolute atomic E-state index is 0.0380. The summed E-state index contributed by atoms with van der Waals surface area (Å²) in [4.78, 5) is 0.978. The molecule has 1 aromatic rings. The van der Waals surface area contributed by atoms with Gasteiger partial charge in [0.25, 0.3) is 0 Å². The van der Waals surface area contributed by atoms with Gasteiger partial charge in [0.1, 0.15) is 0 Å². The normalized spacial score (nSPS) is 10.8. The molecule has 5 nitrogen and oxygen atoms in total. The number of hydrogen-bond acceptors (Lipinski definition) is 5. The Kier molecular flexibility index (Phi) is 5.94. The van der Waals surface area contributed by atoms with Crippen LogP contribution < -0.4 is 11.2 Å². The average Bonchev–Trinajstić information content (AvgIpc) is 2.66. The third-order valence-electron chi connectivity index (χ3n) is 1.54. The van der Waals surface area contributed by atoms with Crippen LogP contribution in [0.25, 0.3) is 0 Å². The van der Waals surface area contributed by atoms with Crippen LogP contribution in [0.3, 0.4) is 0 Å². The fourth-order valence-electron chi connectivity index (χ4n) is 0.952. The van der Waals surface area contributed by atoms with Crippen LogP contribution in [-0.4, -0.2) is 29.6 Å². The number of nitrogens with one attached hydrogen (secondary N) is 1. The Morgan fingerprint density at radius 1 is 1.75 bits per heavy atom. The zero-order valence-corrected chi connectivity index (χ0v) is 10.2. The summed E-state index contributed by atoms with van der Waals surface area (Å²) < 4.78 is 5.18. The number of rotatable bonds is 6. The molecule has 1 rings (SSSR count). The molecule has 0 unspecified atom stereocenters. The Morgan fingerprint density at radius 2 is 2.56 bits per heavy atom. The molecule has 7 heteroatoms. The van der Waals surface area contributed by atoms with Gasteiger partial charge in [0, 0.05) is 4.88 Å². The van der Waals surface area contributed by atoms with Crippen LogP contribution in [0.2, 0.25) is 0 Å². The highest BCUT2D eigenvalue weighted by atomic mass is 32.1. The standard InChI is InChI=1S/C9H13N3O2S2/c10-9(15)12-11-4-8-3-7(6-16-8)5-14-2-1-13/h3-4,6,13H,1-2,5H2,(H3,10,12,15)/b11-4+. The first-order chi connectivity index (χ1) is 7.72. The van der Waals surface area contributed by atoms with Gasteiger partial charge in [-0.15, -0.1) is 11.3 Å². The second-order valence-electron chi connectivity index (χ2n) is 2.87. The number of aliphatic hydroxyl groups excluding tert-OH is 1. The summed E-state index contributed by atoms with van der Waals surface area (Å²) in [6, 6.07) is 1.95. The van der Waals surface area contributed by atoms with Crippen molar-refractivity contribution in [2.45, 2.75) is 6.61 Å². The van der Waals surface area contributed by atoms with Crippen molar-refractivity contribution in [3.05, 3.63) is 21.9 Å². The molecule has 0 radical (unpaired) electrons. The molecule has 0 spiro atoms. The van der Waals surface area contributed by atoms with E-state index in [1.807, 2.05) is 11.4 Å². The lowest BCUT2D eigenvalue weighted by atomic mass is 10.3. The summed E-state index contributed by atoms with van der Waals surface area (Å²) in [5, 5.41) is 14.5. The number of nitrogens with zero attached hydrogens (tertiary/aromatic N) is 1. The van der Waals surface area contributed by atoms with Crippen LogP contribution >= 0.6 is 23.6 Å². The van der Waals surface area contributed by atoms with Crippen molar-refractivity contribution in [3.63, 3.8) is 0 Å². The number of hydrazone groups is 1. The monoisotopic (exact) mass is 259 g/mol. The zero-order chi connectivity index (χ0) is 11.8. The van der Waals surface area contributed by atoms with E-state index in [1.165, 1.54) is 0 Å². The van der Waals surface area contributed by atoms with E-state index in [9.17, 15) is 0 Å². The van der Waals surface area contributed by atoms with Gasteiger partial charge < -0.3 is 15.6 Å². The number of hydrogen-bond donors (Lipinski definition) is 3. The molecular weight excluding hydrogens is 246 g/mol. The summed E-state index contributed by atoms with van der Waals surface area (Å²) in [6.45, 7) is 0.881. The second kappa shape index (κ2) is 7.29. The van der Waals surface area contributed by atoms with Gasteiger partial charge in [-0.3, -0.25) is 5.43 Å². The molecule has 0 aliphatic rings. The molecule has 0 saturated heterocycles. The maximum atomic E-state index is 8.54. The molecule has 0 saturated carbocycles. The van der Waals surface area contributed by atoms with E-state index < -0.39 is 0 Å². The van der Waals surface area contributed by atoms with Gasteiger partial charge in [-0.2, -0.15) is 5.10 Å².